The zero-order chi connectivity index (χ0) is 25.6. The van der Waals surface area contributed by atoms with Crippen molar-refractivity contribution in [3.8, 4) is 5.75 Å². The van der Waals surface area contributed by atoms with Crippen LogP contribution in [0.2, 0.25) is 0 Å². The van der Waals surface area contributed by atoms with Crippen molar-refractivity contribution >= 4 is 21.6 Å². The van der Waals surface area contributed by atoms with Gasteiger partial charge < -0.3 is 10.1 Å². The van der Waals surface area contributed by atoms with Gasteiger partial charge in [-0.05, 0) is 59.9 Å². The Bertz CT molecular complexity index is 1230. The number of carbonyl (C=O) groups excluding carboxylic acids is 1. The van der Waals surface area contributed by atoms with E-state index in [9.17, 15) is 13.2 Å². The summed E-state index contributed by atoms with van der Waals surface area (Å²) >= 11 is 0. The Labute approximate surface area is 209 Å². The standard InChI is InChI=1S/C28H34N2O4S/c1-21-6-8-22(9-7-21)20-30(35(5,32)33)25-14-10-23(11-15-25)27(31)29-18-19-34-26-16-12-24(13-17-26)28(2,3)4/h6-17H,18-20H2,1-5H3,(H,29,31). The molecule has 35 heavy (non-hydrogen) atoms. The van der Waals surface area contributed by atoms with Crippen LogP contribution in [0.25, 0.3) is 0 Å². The molecule has 0 radical (unpaired) electrons. The van der Waals surface area contributed by atoms with Crippen molar-refractivity contribution in [1.29, 1.82) is 0 Å². The van der Waals surface area contributed by atoms with E-state index in [1.54, 1.807) is 24.3 Å². The predicted octanol–water partition coefficient (Wildman–Crippen LogP) is 5.07. The smallest absolute Gasteiger partial charge is 0.251 e. The molecule has 186 valence electrons. The molecule has 3 aromatic carbocycles. The number of hydrogen-bond donors (Lipinski definition) is 1. The van der Waals surface area contributed by atoms with Crippen molar-refractivity contribution < 1.29 is 17.9 Å². The number of carbonyl (C=O) groups is 1. The Morgan fingerprint density at radius 1 is 0.914 bits per heavy atom. The molecule has 0 saturated heterocycles. The fraction of sp³-hybridized carbons (Fsp3) is 0.321. The van der Waals surface area contributed by atoms with Crippen LogP contribution in [0.4, 0.5) is 5.69 Å². The molecule has 0 fully saturated rings. The van der Waals surface area contributed by atoms with Crippen molar-refractivity contribution in [2.24, 2.45) is 0 Å². The minimum atomic E-state index is -3.50. The molecule has 0 unspecified atom stereocenters. The van der Waals surface area contributed by atoms with Gasteiger partial charge in [-0.25, -0.2) is 8.42 Å². The summed E-state index contributed by atoms with van der Waals surface area (Å²) < 4.78 is 31.9. The minimum absolute atomic E-state index is 0.0844. The summed E-state index contributed by atoms with van der Waals surface area (Å²) in [5.74, 6) is 0.513. The van der Waals surface area contributed by atoms with Gasteiger partial charge >= 0.3 is 0 Å². The first-order valence-electron chi connectivity index (χ1n) is 11.6. The first-order chi connectivity index (χ1) is 16.4. The number of sulfonamides is 1. The van der Waals surface area contributed by atoms with Crippen LogP contribution in [-0.2, 0) is 22.0 Å². The van der Waals surface area contributed by atoms with Gasteiger partial charge in [0.05, 0.1) is 25.0 Å². The molecular formula is C28H34N2O4S. The van der Waals surface area contributed by atoms with Crippen molar-refractivity contribution in [1.82, 2.24) is 5.32 Å². The van der Waals surface area contributed by atoms with Crippen LogP contribution in [0.1, 0.15) is 47.8 Å². The molecule has 0 aliphatic rings. The number of hydrogen-bond acceptors (Lipinski definition) is 4. The molecule has 0 saturated carbocycles. The van der Waals surface area contributed by atoms with Crippen LogP contribution < -0.4 is 14.4 Å². The fourth-order valence-electron chi connectivity index (χ4n) is 3.53. The van der Waals surface area contributed by atoms with Crippen molar-refractivity contribution in [3.05, 3.63) is 95.1 Å². The maximum absolute atomic E-state index is 12.5. The first-order valence-corrected chi connectivity index (χ1v) is 13.4. The van der Waals surface area contributed by atoms with Crippen LogP contribution in [0.15, 0.2) is 72.8 Å². The van der Waals surface area contributed by atoms with Gasteiger partial charge in [0, 0.05) is 5.56 Å². The maximum atomic E-state index is 12.5. The van der Waals surface area contributed by atoms with Gasteiger partial charge in [-0.1, -0.05) is 62.7 Å². The number of anilines is 1. The van der Waals surface area contributed by atoms with E-state index in [2.05, 4.69) is 26.1 Å². The Balaban J connectivity index is 1.55. The molecule has 0 aromatic heterocycles. The summed E-state index contributed by atoms with van der Waals surface area (Å²) in [6.45, 7) is 9.38. The molecule has 0 spiro atoms. The molecule has 0 heterocycles. The Morgan fingerprint density at radius 3 is 2.06 bits per heavy atom. The fourth-order valence-corrected chi connectivity index (χ4v) is 4.41. The molecule has 3 aromatic rings. The van der Waals surface area contributed by atoms with Gasteiger partial charge in [0.2, 0.25) is 10.0 Å². The van der Waals surface area contributed by atoms with E-state index in [-0.39, 0.29) is 17.9 Å². The van der Waals surface area contributed by atoms with Gasteiger partial charge in [-0.3, -0.25) is 9.10 Å². The zero-order valence-corrected chi connectivity index (χ0v) is 21.9. The molecule has 1 N–H and O–H groups in total. The minimum Gasteiger partial charge on any atom is -0.492 e. The van der Waals surface area contributed by atoms with Gasteiger partial charge in [-0.15, -0.1) is 0 Å². The van der Waals surface area contributed by atoms with E-state index in [1.807, 2.05) is 55.5 Å². The molecule has 0 aliphatic heterocycles. The van der Waals surface area contributed by atoms with Crippen LogP contribution >= 0.6 is 0 Å². The second kappa shape index (κ2) is 11.0. The molecule has 7 heteroatoms. The molecule has 6 nitrogen and oxygen atoms in total. The van der Waals surface area contributed by atoms with Gasteiger partial charge in [0.15, 0.2) is 0 Å². The van der Waals surface area contributed by atoms with Crippen molar-refractivity contribution in [2.75, 3.05) is 23.7 Å². The first kappa shape index (κ1) is 26.3. The average Bonchev–Trinajstić information content (AvgIpc) is 2.80. The third kappa shape index (κ3) is 7.59. The van der Waals surface area contributed by atoms with E-state index < -0.39 is 10.0 Å². The van der Waals surface area contributed by atoms with Crippen molar-refractivity contribution in [2.45, 2.75) is 39.7 Å². The lowest BCUT2D eigenvalue weighted by atomic mass is 9.87. The predicted molar refractivity (Wildman–Crippen MR) is 142 cm³/mol. The van der Waals surface area contributed by atoms with Crippen molar-refractivity contribution in [3.63, 3.8) is 0 Å². The molecule has 1 amide bonds. The molecular weight excluding hydrogens is 460 g/mol. The summed E-state index contributed by atoms with van der Waals surface area (Å²) in [4.78, 5) is 12.5. The van der Waals surface area contributed by atoms with Gasteiger partial charge in [0.25, 0.3) is 5.91 Å². The number of nitrogens with one attached hydrogen (secondary N) is 1. The largest absolute Gasteiger partial charge is 0.492 e. The second-order valence-corrected chi connectivity index (χ2v) is 11.6. The Hall–Kier alpha value is -3.32. The lowest BCUT2D eigenvalue weighted by molar-refractivity contribution is 0.0947. The molecule has 0 aliphatic carbocycles. The topological polar surface area (TPSA) is 75.7 Å². The summed E-state index contributed by atoms with van der Waals surface area (Å²) in [5, 5.41) is 2.83. The third-order valence-electron chi connectivity index (χ3n) is 5.64. The monoisotopic (exact) mass is 494 g/mol. The van der Waals surface area contributed by atoms with E-state index in [4.69, 9.17) is 4.74 Å². The summed E-state index contributed by atoms with van der Waals surface area (Å²) in [7, 11) is -3.50. The van der Waals surface area contributed by atoms with Gasteiger partial charge in [-0.2, -0.15) is 0 Å². The summed E-state index contributed by atoms with van der Waals surface area (Å²) in [6.07, 6.45) is 1.18. The average molecular weight is 495 g/mol. The number of benzene rings is 3. The van der Waals surface area contributed by atoms with E-state index in [1.165, 1.54) is 16.1 Å². The van der Waals surface area contributed by atoms with Crippen LogP contribution in [0, 0.1) is 6.92 Å². The Kier molecular flexibility index (Phi) is 8.22. The molecule has 0 atom stereocenters. The highest BCUT2D eigenvalue weighted by Gasteiger charge is 2.18. The lowest BCUT2D eigenvalue weighted by Crippen LogP contribution is -2.30. The number of ether oxygens (including phenoxy) is 1. The number of aryl methyl sites for hydroxylation is 1. The SMILES string of the molecule is Cc1ccc(CN(c2ccc(C(=O)NCCOc3ccc(C(C)(C)C)cc3)cc2)S(C)(=O)=O)cc1. The number of nitrogens with zero attached hydrogens (tertiary/aromatic N) is 1. The van der Waals surface area contributed by atoms with E-state index >= 15 is 0 Å². The molecule has 3 rings (SSSR count). The second-order valence-electron chi connectivity index (χ2n) is 9.68. The number of rotatable bonds is 9. The Morgan fingerprint density at radius 2 is 1.51 bits per heavy atom. The summed E-state index contributed by atoms with van der Waals surface area (Å²) in [6, 6.07) is 22.3. The van der Waals surface area contributed by atoms with E-state index in [0.29, 0.717) is 24.4 Å². The lowest BCUT2D eigenvalue weighted by Gasteiger charge is -2.23. The highest BCUT2D eigenvalue weighted by atomic mass is 32.2. The van der Waals surface area contributed by atoms with Crippen LogP contribution in [0.3, 0.4) is 0 Å². The van der Waals surface area contributed by atoms with Crippen LogP contribution in [0.5, 0.6) is 5.75 Å². The van der Waals surface area contributed by atoms with Gasteiger partial charge in [0.1, 0.15) is 12.4 Å². The highest BCUT2D eigenvalue weighted by Crippen LogP contribution is 2.24. The molecule has 0 bridgehead atoms. The normalized spacial score (nSPS) is 11.7. The summed E-state index contributed by atoms with van der Waals surface area (Å²) in [5.41, 5.74) is 4.27. The maximum Gasteiger partial charge on any atom is 0.251 e. The third-order valence-corrected chi connectivity index (χ3v) is 6.78. The quantitative estimate of drug-likeness (QED) is 0.422. The zero-order valence-electron chi connectivity index (χ0n) is 21.0. The number of amides is 1. The van der Waals surface area contributed by atoms with Crippen LogP contribution in [-0.4, -0.2) is 33.7 Å². The van der Waals surface area contributed by atoms with E-state index in [0.717, 1.165) is 16.9 Å². The highest BCUT2D eigenvalue weighted by molar-refractivity contribution is 7.92.